The summed E-state index contributed by atoms with van der Waals surface area (Å²) in [5.74, 6) is 0. The Balaban J connectivity index is 2.92. The van der Waals surface area contributed by atoms with Crippen molar-refractivity contribution in [2.75, 3.05) is 6.54 Å². The molecule has 1 aromatic rings. The fourth-order valence-corrected chi connectivity index (χ4v) is 1.36. The summed E-state index contributed by atoms with van der Waals surface area (Å²) < 4.78 is 0.930. The Bertz CT molecular complexity index is 418. The molecule has 5 heteroatoms. The molecule has 1 atom stereocenters. The molecule has 1 rings (SSSR count). The average Bonchev–Trinajstić information content (AvgIpc) is 2.25. The predicted molar refractivity (Wildman–Crippen MR) is 58.0 cm³/mol. The smallest absolute Gasteiger partial charge is 0.211 e. The van der Waals surface area contributed by atoms with E-state index in [1.165, 1.54) is 12.2 Å². The maximum absolute atomic E-state index is 10.2. The van der Waals surface area contributed by atoms with E-state index < -0.39 is 6.04 Å². The van der Waals surface area contributed by atoms with E-state index in [-0.39, 0.29) is 6.54 Å². The van der Waals surface area contributed by atoms with E-state index in [1.54, 1.807) is 12.1 Å². The molecule has 0 radical (unpaired) electrons. The number of halogens is 1. The number of hydrogen-bond acceptors (Lipinski definition) is 4. The van der Waals surface area contributed by atoms with Crippen LogP contribution in [-0.2, 0) is 9.59 Å². The molecule has 1 aromatic carbocycles. The van der Waals surface area contributed by atoms with Crippen molar-refractivity contribution in [3.8, 4) is 0 Å². The van der Waals surface area contributed by atoms with Gasteiger partial charge < -0.3 is 0 Å². The minimum absolute atomic E-state index is 0.111. The third-order valence-corrected chi connectivity index (χ3v) is 2.32. The number of hydrogen-bond donors (Lipinski definition) is 0. The van der Waals surface area contributed by atoms with Crippen LogP contribution in [0, 0.1) is 0 Å². The van der Waals surface area contributed by atoms with Crippen molar-refractivity contribution in [1.82, 2.24) is 0 Å². The van der Waals surface area contributed by atoms with Gasteiger partial charge in [-0.15, -0.1) is 0 Å². The number of aliphatic imine (C=N–C) groups is 2. The number of nitrogens with zero attached hydrogens (tertiary/aromatic N) is 2. The normalized spacial score (nSPS) is 11.0. The van der Waals surface area contributed by atoms with Crippen molar-refractivity contribution in [2.45, 2.75) is 6.04 Å². The molecule has 76 valence electrons. The molecular weight excluding hydrogens is 260 g/mol. The average molecular weight is 267 g/mol. The maximum Gasteiger partial charge on any atom is 0.235 e. The van der Waals surface area contributed by atoms with Crippen molar-refractivity contribution < 1.29 is 9.59 Å². The van der Waals surface area contributed by atoms with Gasteiger partial charge in [-0.1, -0.05) is 28.1 Å². The first-order valence-electron chi connectivity index (χ1n) is 4.14. The molecule has 0 heterocycles. The molecule has 0 saturated carbocycles. The van der Waals surface area contributed by atoms with Gasteiger partial charge in [0.1, 0.15) is 6.04 Å². The number of carbonyl (C=O) groups excluding carboxylic acids is 2. The summed E-state index contributed by atoms with van der Waals surface area (Å²) in [7, 11) is 0. The van der Waals surface area contributed by atoms with Gasteiger partial charge in [0.05, 0.1) is 6.54 Å². The lowest BCUT2D eigenvalue weighted by Crippen LogP contribution is -1.99. The van der Waals surface area contributed by atoms with Crippen LogP contribution < -0.4 is 0 Å². The monoisotopic (exact) mass is 266 g/mol. The SMILES string of the molecule is O=C=NC[C@@H](N=C=O)c1ccc(Br)cc1. The van der Waals surface area contributed by atoms with Crippen molar-refractivity contribution in [2.24, 2.45) is 9.98 Å². The minimum atomic E-state index is -0.461. The summed E-state index contributed by atoms with van der Waals surface area (Å²) in [5, 5.41) is 0. The van der Waals surface area contributed by atoms with Gasteiger partial charge in [0.25, 0.3) is 0 Å². The Hall–Kier alpha value is -1.54. The summed E-state index contributed by atoms with van der Waals surface area (Å²) >= 11 is 3.29. The van der Waals surface area contributed by atoms with Crippen LogP contribution in [0.5, 0.6) is 0 Å². The van der Waals surface area contributed by atoms with Crippen LogP contribution in [0.1, 0.15) is 11.6 Å². The molecule has 0 aliphatic carbocycles. The lowest BCUT2D eigenvalue weighted by molar-refractivity contribution is 0.553. The zero-order valence-corrected chi connectivity index (χ0v) is 9.27. The van der Waals surface area contributed by atoms with Gasteiger partial charge in [-0.25, -0.2) is 14.6 Å². The first-order valence-corrected chi connectivity index (χ1v) is 4.93. The molecule has 0 N–H and O–H groups in total. The van der Waals surface area contributed by atoms with Crippen LogP contribution >= 0.6 is 15.9 Å². The first kappa shape index (κ1) is 11.5. The fourth-order valence-electron chi connectivity index (χ4n) is 1.09. The van der Waals surface area contributed by atoms with Crippen molar-refractivity contribution in [3.05, 3.63) is 34.3 Å². The highest BCUT2D eigenvalue weighted by Crippen LogP contribution is 2.19. The van der Waals surface area contributed by atoms with Gasteiger partial charge in [0.2, 0.25) is 12.2 Å². The second-order valence-electron chi connectivity index (χ2n) is 2.72. The molecule has 0 aliphatic rings. The molecule has 4 nitrogen and oxygen atoms in total. The Morgan fingerprint density at radius 2 is 1.87 bits per heavy atom. The second-order valence-corrected chi connectivity index (χ2v) is 3.64. The summed E-state index contributed by atoms with van der Waals surface area (Å²) in [4.78, 5) is 27.1. The Morgan fingerprint density at radius 1 is 1.20 bits per heavy atom. The van der Waals surface area contributed by atoms with E-state index in [2.05, 4.69) is 25.9 Å². The largest absolute Gasteiger partial charge is 0.235 e. The lowest BCUT2D eigenvalue weighted by atomic mass is 10.1. The van der Waals surface area contributed by atoms with Crippen LogP contribution in [0.15, 0.2) is 38.7 Å². The summed E-state index contributed by atoms with van der Waals surface area (Å²) in [6, 6.07) is 6.80. The molecule has 0 saturated heterocycles. The Kier molecular flexibility index (Phi) is 4.64. The van der Waals surface area contributed by atoms with Crippen LogP contribution in [0.25, 0.3) is 0 Å². The molecule has 0 unspecified atom stereocenters. The van der Waals surface area contributed by atoms with Crippen LogP contribution in [0.2, 0.25) is 0 Å². The fraction of sp³-hybridized carbons (Fsp3) is 0.200. The molecule has 0 bridgehead atoms. The number of isocyanates is 2. The third kappa shape index (κ3) is 3.60. The van der Waals surface area contributed by atoms with E-state index in [9.17, 15) is 9.59 Å². The highest BCUT2D eigenvalue weighted by atomic mass is 79.9. The van der Waals surface area contributed by atoms with Gasteiger partial charge >= 0.3 is 0 Å². The molecule has 0 spiro atoms. The quantitative estimate of drug-likeness (QED) is 0.620. The van der Waals surface area contributed by atoms with Gasteiger partial charge in [0.15, 0.2) is 0 Å². The maximum atomic E-state index is 10.2. The third-order valence-electron chi connectivity index (χ3n) is 1.79. The Labute approximate surface area is 94.9 Å². The molecule has 0 aliphatic heterocycles. The second kappa shape index (κ2) is 6.04. The van der Waals surface area contributed by atoms with E-state index >= 15 is 0 Å². The van der Waals surface area contributed by atoms with Crippen molar-refractivity contribution in [1.29, 1.82) is 0 Å². The zero-order chi connectivity index (χ0) is 11.1. The molecule has 0 amide bonds. The summed E-state index contributed by atoms with van der Waals surface area (Å²) in [5.41, 5.74) is 0.806. The van der Waals surface area contributed by atoms with E-state index in [0.717, 1.165) is 10.0 Å². The standard InChI is InChI=1S/C10H7BrN2O2/c11-9-3-1-8(2-4-9)10(13-7-15)5-12-6-14/h1-4,10H,5H2/t10-/m1/s1. The number of benzene rings is 1. The minimum Gasteiger partial charge on any atom is -0.211 e. The van der Waals surface area contributed by atoms with Gasteiger partial charge in [-0.3, -0.25) is 0 Å². The summed E-state index contributed by atoms with van der Waals surface area (Å²) in [6.45, 7) is 0.111. The highest BCUT2D eigenvalue weighted by Gasteiger charge is 2.08. The zero-order valence-electron chi connectivity index (χ0n) is 7.68. The highest BCUT2D eigenvalue weighted by molar-refractivity contribution is 9.10. The van der Waals surface area contributed by atoms with Gasteiger partial charge in [-0.2, -0.15) is 4.99 Å². The topological polar surface area (TPSA) is 58.9 Å². The Morgan fingerprint density at radius 3 is 2.40 bits per heavy atom. The van der Waals surface area contributed by atoms with Crippen LogP contribution in [0.4, 0.5) is 0 Å². The van der Waals surface area contributed by atoms with Crippen LogP contribution in [0.3, 0.4) is 0 Å². The summed E-state index contributed by atoms with van der Waals surface area (Å²) in [6.07, 6.45) is 2.88. The lowest BCUT2D eigenvalue weighted by Gasteiger charge is -2.06. The molecule has 0 fully saturated rings. The van der Waals surface area contributed by atoms with Gasteiger partial charge in [0, 0.05) is 4.47 Å². The van der Waals surface area contributed by atoms with E-state index in [1.807, 2.05) is 12.1 Å². The van der Waals surface area contributed by atoms with Crippen molar-refractivity contribution in [3.63, 3.8) is 0 Å². The molecule has 15 heavy (non-hydrogen) atoms. The van der Waals surface area contributed by atoms with E-state index in [4.69, 9.17) is 0 Å². The van der Waals surface area contributed by atoms with Gasteiger partial charge in [-0.05, 0) is 17.7 Å². The predicted octanol–water partition coefficient (Wildman–Crippen LogP) is 2.16. The molecule has 0 aromatic heterocycles. The molecular formula is C10H7BrN2O2. The van der Waals surface area contributed by atoms with E-state index in [0.29, 0.717) is 0 Å². The van der Waals surface area contributed by atoms with Crippen molar-refractivity contribution >= 4 is 28.1 Å². The van der Waals surface area contributed by atoms with Crippen LogP contribution in [-0.4, -0.2) is 18.7 Å². The number of rotatable bonds is 4. The first-order chi connectivity index (χ1) is 7.27.